The average Bonchev–Trinajstić information content (AvgIpc) is 2.91. The molecule has 1 amide bonds. The van der Waals surface area contributed by atoms with Gasteiger partial charge in [0.25, 0.3) is 5.91 Å². The van der Waals surface area contributed by atoms with Crippen LogP contribution in [-0.2, 0) is 4.79 Å². The van der Waals surface area contributed by atoms with Crippen molar-refractivity contribution in [3.8, 4) is 0 Å². The van der Waals surface area contributed by atoms with Crippen LogP contribution in [0.4, 0.5) is 5.69 Å². The Kier molecular flexibility index (Phi) is 4.74. The van der Waals surface area contributed by atoms with Gasteiger partial charge in [0, 0.05) is 10.2 Å². The Labute approximate surface area is 118 Å². The maximum absolute atomic E-state index is 11.5. The Morgan fingerprint density at radius 1 is 1.32 bits per heavy atom. The highest BCUT2D eigenvalue weighted by Crippen LogP contribution is 2.13. The second kappa shape index (κ2) is 6.75. The zero-order chi connectivity index (χ0) is 13.5. The van der Waals surface area contributed by atoms with Crippen molar-refractivity contribution in [1.82, 2.24) is 5.43 Å². The first kappa shape index (κ1) is 13.4. The summed E-state index contributed by atoms with van der Waals surface area (Å²) in [4.78, 5) is 11.5. The average molecular weight is 322 g/mol. The number of rotatable bonds is 5. The first-order valence-electron chi connectivity index (χ1n) is 5.59. The summed E-state index contributed by atoms with van der Waals surface area (Å²) < 4.78 is 6.03. The molecule has 1 aromatic carbocycles. The minimum atomic E-state index is -0.231. The number of hydrazone groups is 1. The van der Waals surface area contributed by atoms with Gasteiger partial charge in [-0.2, -0.15) is 5.10 Å². The third-order valence-electron chi connectivity index (χ3n) is 2.22. The number of hydrogen-bond donors (Lipinski definition) is 2. The normalized spacial score (nSPS) is 10.6. The number of amides is 1. The predicted octanol–water partition coefficient (Wildman–Crippen LogP) is 2.60. The van der Waals surface area contributed by atoms with Gasteiger partial charge in [-0.3, -0.25) is 4.79 Å². The fourth-order valence-corrected chi connectivity index (χ4v) is 1.59. The third-order valence-corrected chi connectivity index (χ3v) is 2.75. The molecule has 0 unspecified atom stereocenters. The van der Waals surface area contributed by atoms with Gasteiger partial charge in [-0.25, -0.2) is 5.43 Å². The number of nitrogens with one attached hydrogen (secondary N) is 2. The van der Waals surface area contributed by atoms with Gasteiger partial charge in [-0.05, 0) is 36.4 Å². The monoisotopic (exact) mass is 321 g/mol. The lowest BCUT2D eigenvalue weighted by Gasteiger charge is -2.04. The van der Waals surface area contributed by atoms with Gasteiger partial charge in [0.05, 0.1) is 19.0 Å². The molecule has 0 spiro atoms. The summed E-state index contributed by atoms with van der Waals surface area (Å²) >= 11 is 3.34. The molecular formula is C13H12BrN3O2. The van der Waals surface area contributed by atoms with Gasteiger partial charge in [0.1, 0.15) is 5.76 Å². The van der Waals surface area contributed by atoms with E-state index in [2.05, 4.69) is 31.8 Å². The first-order chi connectivity index (χ1) is 9.24. The molecule has 2 rings (SSSR count). The van der Waals surface area contributed by atoms with Gasteiger partial charge in [-0.15, -0.1) is 0 Å². The number of anilines is 1. The second-order valence-electron chi connectivity index (χ2n) is 3.67. The highest BCUT2D eigenvalue weighted by atomic mass is 79.9. The van der Waals surface area contributed by atoms with E-state index < -0.39 is 0 Å². The zero-order valence-corrected chi connectivity index (χ0v) is 11.6. The molecule has 0 bridgehead atoms. The Balaban J connectivity index is 1.74. The van der Waals surface area contributed by atoms with Crippen molar-refractivity contribution >= 4 is 33.7 Å². The van der Waals surface area contributed by atoms with Crippen LogP contribution in [0, 0.1) is 0 Å². The predicted molar refractivity (Wildman–Crippen MR) is 77.1 cm³/mol. The number of nitrogens with zero attached hydrogens (tertiary/aromatic N) is 1. The summed E-state index contributed by atoms with van der Waals surface area (Å²) in [6.45, 7) is 0.150. The second-order valence-corrected chi connectivity index (χ2v) is 4.58. The van der Waals surface area contributed by atoms with Crippen LogP contribution >= 0.6 is 15.9 Å². The summed E-state index contributed by atoms with van der Waals surface area (Å²) in [5.41, 5.74) is 3.27. The molecule has 0 radical (unpaired) electrons. The summed E-state index contributed by atoms with van der Waals surface area (Å²) in [6.07, 6.45) is 2.98. The van der Waals surface area contributed by atoms with Gasteiger partial charge >= 0.3 is 0 Å². The van der Waals surface area contributed by atoms with E-state index in [4.69, 9.17) is 4.42 Å². The van der Waals surface area contributed by atoms with E-state index in [0.717, 1.165) is 10.2 Å². The molecule has 0 saturated heterocycles. The topological polar surface area (TPSA) is 66.6 Å². The van der Waals surface area contributed by atoms with Gasteiger partial charge < -0.3 is 9.73 Å². The standard InChI is InChI=1S/C13H12BrN3O2/c14-10-3-5-11(6-4-10)15-9-13(18)17-16-8-12-2-1-7-19-12/h1-8,15H,9H2,(H,17,18). The molecule has 6 heteroatoms. The highest BCUT2D eigenvalue weighted by Gasteiger charge is 1.99. The minimum Gasteiger partial charge on any atom is -0.463 e. The van der Waals surface area contributed by atoms with Crippen molar-refractivity contribution in [2.45, 2.75) is 0 Å². The van der Waals surface area contributed by atoms with Gasteiger partial charge in [-0.1, -0.05) is 15.9 Å². The molecule has 5 nitrogen and oxygen atoms in total. The third kappa shape index (κ3) is 4.59. The zero-order valence-electron chi connectivity index (χ0n) is 9.97. The fraction of sp³-hybridized carbons (Fsp3) is 0.0769. The lowest BCUT2D eigenvalue weighted by Crippen LogP contribution is -2.25. The Morgan fingerprint density at radius 2 is 2.11 bits per heavy atom. The number of hydrogen-bond acceptors (Lipinski definition) is 4. The summed E-state index contributed by atoms with van der Waals surface area (Å²) in [7, 11) is 0. The number of halogens is 1. The molecule has 2 N–H and O–H groups in total. The minimum absolute atomic E-state index is 0.150. The van der Waals surface area contributed by atoms with E-state index in [-0.39, 0.29) is 12.5 Å². The summed E-state index contributed by atoms with van der Waals surface area (Å²) in [6, 6.07) is 11.0. The van der Waals surface area contributed by atoms with Crippen LogP contribution in [0.15, 0.2) is 56.7 Å². The van der Waals surface area contributed by atoms with Crippen LogP contribution in [0.5, 0.6) is 0 Å². The SMILES string of the molecule is O=C(CNc1ccc(Br)cc1)NN=Cc1ccco1. The van der Waals surface area contributed by atoms with Crippen molar-refractivity contribution in [2.75, 3.05) is 11.9 Å². The summed E-state index contributed by atoms with van der Waals surface area (Å²) in [5.74, 6) is 0.354. The van der Waals surface area contributed by atoms with E-state index in [0.29, 0.717) is 5.76 Å². The molecular weight excluding hydrogens is 310 g/mol. The number of carbonyl (C=O) groups is 1. The summed E-state index contributed by atoms with van der Waals surface area (Å²) in [5, 5.41) is 6.76. The largest absolute Gasteiger partial charge is 0.463 e. The highest BCUT2D eigenvalue weighted by molar-refractivity contribution is 9.10. The van der Waals surface area contributed by atoms with E-state index in [1.165, 1.54) is 12.5 Å². The van der Waals surface area contributed by atoms with Crippen molar-refractivity contribution in [1.29, 1.82) is 0 Å². The van der Waals surface area contributed by atoms with Crippen molar-refractivity contribution < 1.29 is 9.21 Å². The molecule has 0 aliphatic heterocycles. The van der Waals surface area contributed by atoms with Crippen LogP contribution in [0.1, 0.15) is 5.76 Å². The van der Waals surface area contributed by atoms with E-state index in [9.17, 15) is 4.79 Å². The Hall–Kier alpha value is -2.08. The Morgan fingerprint density at radius 3 is 2.79 bits per heavy atom. The molecule has 1 heterocycles. The molecule has 2 aromatic rings. The van der Waals surface area contributed by atoms with Crippen molar-refractivity contribution in [3.05, 3.63) is 52.9 Å². The number of carbonyl (C=O) groups excluding carboxylic acids is 1. The lowest BCUT2D eigenvalue weighted by atomic mass is 10.3. The maximum atomic E-state index is 11.5. The van der Waals surface area contributed by atoms with E-state index >= 15 is 0 Å². The van der Waals surface area contributed by atoms with Crippen LogP contribution in [0.25, 0.3) is 0 Å². The molecule has 0 fully saturated rings. The van der Waals surface area contributed by atoms with Crippen LogP contribution < -0.4 is 10.7 Å². The molecule has 0 atom stereocenters. The smallest absolute Gasteiger partial charge is 0.259 e. The van der Waals surface area contributed by atoms with Crippen LogP contribution in [0.3, 0.4) is 0 Å². The van der Waals surface area contributed by atoms with Gasteiger partial charge in [0.2, 0.25) is 0 Å². The van der Waals surface area contributed by atoms with Crippen molar-refractivity contribution in [2.24, 2.45) is 5.10 Å². The first-order valence-corrected chi connectivity index (χ1v) is 6.38. The van der Waals surface area contributed by atoms with Crippen molar-refractivity contribution in [3.63, 3.8) is 0 Å². The molecule has 0 aliphatic rings. The maximum Gasteiger partial charge on any atom is 0.259 e. The van der Waals surface area contributed by atoms with E-state index in [1.54, 1.807) is 12.1 Å². The lowest BCUT2D eigenvalue weighted by molar-refractivity contribution is -0.119. The molecule has 19 heavy (non-hydrogen) atoms. The Bertz CT molecular complexity index is 550. The fourth-order valence-electron chi connectivity index (χ4n) is 1.32. The molecule has 0 saturated carbocycles. The molecule has 0 aliphatic carbocycles. The van der Waals surface area contributed by atoms with Crippen LogP contribution in [0.2, 0.25) is 0 Å². The quantitative estimate of drug-likeness (QED) is 0.657. The number of furan rings is 1. The van der Waals surface area contributed by atoms with Gasteiger partial charge in [0.15, 0.2) is 0 Å². The molecule has 98 valence electrons. The molecule has 1 aromatic heterocycles. The van der Waals surface area contributed by atoms with Crippen LogP contribution in [-0.4, -0.2) is 18.7 Å². The van der Waals surface area contributed by atoms with E-state index in [1.807, 2.05) is 24.3 Å². The number of benzene rings is 1.